The Labute approximate surface area is 160 Å². The van der Waals surface area contributed by atoms with Gasteiger partial charge in [0.15, 0.2) is 11.5 Å². The summed E-state index contributed by atoms with van der Waals surface area (Å²) in [6, 6.07) is 1.88. The zero-order valence-corrected chi connectivity index (χ0v) is 17.8. The minimum Gasteiger partial charge on any atom is -0.504 e. The number of aromatic hydroxyl groups is 3. The van der Waals surface area contributed by atoms with E-state index in [-0.39, 0.29) is 17.2 Å². The van der Waals surface area contributed by atoms with E-state index >= 15 is 0 Å². The molecule has 0 aromatic heterocycles. The molecule has 26 heavy (non-hydrogen) atoms. The highest BCUT2D eigenvalue weighted by Crippen LogP contribution is 2.41. The van der Waals surface area contributed by atoms with Crippen LogP contribution in [0, 0.1) is 10.8 Å². The normalized spacial score (nSPS) is 12.5. The Morgan fingerprint density at radius 3 is 1.38 bits per heavy atom. The molecule has 0 bridgehead atoms. The van der Waals surface area contributed by atoms with Crippen LogP contribution in [0.15, 0.2) is 6.07 Å². The van der Waals surface area contributed by atoms with E-state index in [9.17, 15) is 15.3 Å². The van der Waals surface area contributed by atoms with Crippen molar-refractivity contribution in [2.24, 2.45) is 10.8 Å². The van der Waals surface area contributed by atoms with Crippen molar-refractivity contribution < 1.29 is 15.3 Å². The SMILES string of the molecule is CC(C)(C)CCCCCc1cc(CCCCC(C)(C)C)c(O)c(O)c1O. The number of aryl methyl sites for hydroxylation is 2. The predicted octanol–water partition coefficient (Wildman–Crippen LogP) is 6.71. The third-order valence-electron chi connectivity index (χ3n) is 4.90. The molecule has 1 aromatic carbocycles. The lowest BCUT2D eigenvalue weighted by Crippen LogP contribution is -2.04. The minimum atomic E-state index is -0.358. The summed E-state index contributed by atoms with van der Waals surface area (Å²) in [6.45, 7) is 13.5. The van der Waals surface area contributed by atoms with Gasteiger partial charge in [-0.25, -0.2) is 0 Å². The molecule has 0 radical (unpaired) electrons. The summed E-state index contributed by atoms with van der Waals surface area (Å²) >= 11 is 0. The maximum absolute atomic E-state index is 10.2. The zero-order valence-electron chi connectivity index (χ0n) is 17.8. The van der Waals surface area contributed by atoms with Crippen molar-refractivity contribution in [2.75, 3.05) is 0 Å². The second kappa shape index (κ2) is 9.53. The monoisotopic (exact) mass is 364 g/mol. The first-order valence-corrected chi connectivity index (χ1v) is 10.2. The van der Waals surface area contributed by atoms with E-state index in [1.54, 1.807) is 0 Å². The van der Waals surface area contributed by atoms with Gasteiger partial charge in [-0.2, -0.15) is 0 Å². The van der Waals surface area contributed by atoms with E-state index in [2.05, 4.69) is 41.5 Å². The fraction of sp³-hybridized carbons (Fsp3) is 0.739. The van der Waals surface area contributed by atoms with Crippen LogP contribution in [0.2, 0.25) is 0 Å². The number of benzene rings is 1. The Bertz CT molecular complexity index is 562. The maximum atomic E-state index is 10.2. The molecule has 1 rings (SSSR count). The van der Waals surface area contributed by atoms with Crippen molar-refractivity contribution in [3.05, 3.63) is 17.2 Å². The number of phenols is 3. The Morgan fingerprint density at radius 2 is 0.962 bits per heavy atom. The lowest BCUT2D eigenvalue weighted by Gasteiger charge is -2.18. The Kier molecular flexibility index (Phi) is 8.30. The van der Waals surface area contributed by atoms with Gasteiger partial charge in [-0.3, -0.25) is 0 Å². The van der Waals surface area contributed by atoms with Gasteiger partial charge in [-0.1, -0.05) is 60.8 Å². The molecule has 0 aliphatic rings. The molecule has 3 heteroatoms. The predicted molar refractivity (Wildman–Crippen MR) is 110 cm³/mol. The van der Waals surface area contributed by atoms with Crippen molar-refractivity contribution in [1.82, 2.24) is 0 Å². The van der Waals surface area contributed by atoms with Gasteiger partial charge in [-0.05, 0) is 66.5 Å². The van der Waals surface area contributed by atoms with Gasteiger partial charge < -0.3 is 15.3 Å². The molecule has 0 atom stereocenters. The maximum Gasteiger partial charge on any atom is 0.200 e. The smallest absolute Gasteiger partial charge is 0.200 e. The van der Waals surface area contributed by atoms with Crippen LogP contribution in [0.1, 0.15) is 97.6 Å². The highest BCUT2D eigenvalue weighted by atomic mass is 16.3. The number of unbranched alkanes of at least 4 members (excludes halogenated alkanes) is 3. The second-order valence-corrected chi connectivity index (χ2v) is 10.1. The lowest BCUT2D eigenvalue weighted by atomic mass is 9.88. The topological polar surface area (TPSA) is 60.7 Å². The first kappa shape index (κ1) is 22.7. The molecule has 150 valence electrons. The molecule has 0 fully saturated rings. The van der Waals surface area contributed by atoms with Crippen molar-refractivity contribution in [2.45, 2.75) is 99.3 Å². The summed E-state index contributed by atoms with van der Waals surface area (Å²) in [5.41, 5.74) is 2.18. The molecule has 0 spiro atoms. The molecule has 0 saturated carbocycles. The van der Waals surface area contributed by atoms with Crippen LogP contribution in [0.25, 0.3) is 0 Å². The summed E-state index contributed by atoms with van der Waals surface area (Å²) in [4.78, 5) is 0. The molecule has 3 N–H and O–H groups in total. The molecular weight excluding hydrogens is 324 g/mol. The highest BCUT2D eigenvalue weighted by molar-refractivity contribution is 5.57. The Balaban J connectivity index is 2.62. The lowest BCUT2D eigenvalue weighted by molar-refractivity contribution is 0.352. The summed E-state index contributed by atoms with van der Waals surface area (Å²) in [6.07, 6.45) is 9.13. The molecule has 0 saturated heterocycles. The van der Waals surface area contributed by atoms with E-state index in [1.807, 2.05) is 6.07 Å². The first-order valence-electron chi connectivity index (χ1n) is 10.2. The molecule has 0 unspecified atom stereocenters. The van der Waals surface area contributed by atoms with Crippen molar-refractivity contribution in [3.63, 3.8) is 0 Å². The van der Waals surface area contributed by atoms with Gasteiger partial charge in [-0.15, -0.1) is 0 Å². The Hall–Kier alpha value is -1.38. The molecule has 3 nitrogen and oxygen atoms in total. The van der Waals surface area contributed by atoms with Gasteiger partial charge in [0.25, 0.3) is 0 Å². The summed E-state index contributed by atoms with van der Waals surface area (Å²) in [5.74, 6) is -0.672. The average molecular weight is 365 g/mol. The second-order valence-electron chi connectivity index (χ2n) is 10.1. The third kappa shape index (κ3) is 8.33. The van der Waals surface area contributed by atoms with Crippen LogP contribution in [0.4, 0.5) is 0 Å². The van der Waals surface area contributed by atoms with E-state index in [0.29, 0.717) is 10.8 Å². The van der Waals surface area contributed by atoms with Crippen LogP contribution < -0.4 is 0 Å². The van der Waals surface area contributed by atoms with Crippen LogP contribution in [0.5, 0.6) is 17.2 Å². The molecule has 0 amide bonds. The van der Waals surface area contributed by atoms with Crippen LogP contribution in [-0.4, -0.2) is 15.3 Å². The van der Waals surface area contributed by atoms with Crippen LogP contribution in [0.3, 0.4) is 0 Å². The van der Waals surface area contributed by atoms with Crippen molar-refractivity contribution in [1.29, 1.82) is 0 Å². The fourth-order valence-electron chi connectivity index (χ4n) is 3.26. The van der Waals surface area contributed by atoms with Gasteiger partial charge in [0.1, 0.15) is 0 Å². The van der Waals surface area contributed by atoms with E-state index in [1.165, 1.54) is 12.8 Å². The first-order chi connectivity index (χ1) is 11.9. The summed E-state index contributed by atoms with van der Waals surface area (Å²) in [5, 5.41) is 30.4. The van der Waals surface area contributed by atoms with E-state index in [4.69, 9.17) is 0 Å². The molecule has 0 aliphatic heterocycles. The largest absolute Gasteiger partial charge is 0.504 e. The number of rotatable bonds is 9. The standard InChI is InChI=1S/C23H40O3/c1-22(2,3)14-10-7-8-12-17-16-18(20(25)21(26)19(17)24)13-9-11-15-23(4,5)6/h16,24-26H,7-15H2,1-6H3. The molecule has 1 aromatic rings. The van der Waals surface area contributed by atoms with Gasteiger partial charge >= 0.3 is 0 Å². The van der Waals surface area contributed by atoms with E-state index < -0.39 is 0 Å². The molecular formula is C23H40O3. The van der Waals surface area contributed by atoms with Crippen LogP contribution >= 0.6 is 0 Å². The van der Waals surface area contributed by atoms with Crippen LogP contribution in [-0.2, 0) is 12.8 Å². The average Bonchev–Trinajstić information content (AvgIpc) is 2.50. The quantitative estimate of drug-likeness (QED) is 0.337. The Morgan fingerprint density at radius 1 is 0.577 bits per heavy atom. The summed E-state index contributed by atoms with van der Waals surface area (Å²) < 4.78 is 0. The van der Waals surface area contributed by atoms with Gasteiger partial charge in [0, 0.05) is 0 Å². The highest BCUT2D eigenvalue weighted by Gasteiger charge is 2.17. The van der Waals surface area contributed by atoms with Crippen molar-refractivity contribution >= 4 is 0 Å². The third-order valence-corrected chi connectivity index (χ3v) is 4.90. The van der Waals surface area contributed by atoms with Gasteiger partial charge in [0.05, 0.1) is 0 Å². The minimum absolute atomic E-state index is 0.156. The number of phenolic OH excluding ortho intramolecular Hbond substituents is 3. The van der Waals surface area contributed by atoms with Crippen molar-refractivity contribution in [3.8, 4) is 17.2 Å². The van der Waals surface area contributed by atoms with E-state index in [0.717, 1.165) is 56.1 Å². The zero-order chi connectivity index (χ0) is 20.0. The molecule has 0 aliphatic carbocycles. The van der Waals surface area contributed by atoms with Gasteiger partial charge in [0.2, 0.25) is 5.75 Å². The fourth-order valence-corrected chi connectivity index (χ4v) is 3.26. The number of hydrogen-bond donors (Lipinski definition) is 3. The number of hydrogen-bond acceptors (Lipinski definition) is 3. The summed E-state index contributed by atoms with van der Waals surface area (Å²) in [7, 11) is 0. The molecule has 0 heterocycles.